The van der Waals surface area contributed by atoms with Crippen molar-refractivity contribution in [3.05, 3.63) is 12.2 Å². The van der Waals surface area contributed by atoms with Crippen molar-refractivity contribution in [1.82, 2.24) is 0 Å². The van der Waals surface area contributed by atoms with E-state index in [-0.39, 0.29) is 0 Å². The standard InChI is InChI=1S/C6H2F10/c1-2(4(8,9)10)3(7,5(11,12)13)6(14,15)16/h1H2. The molecule has 0 atom stereocenters. The largest absolute Gasteiger partial charge is 0.435 e. The minimum atomic E-state index is -6.79. The molecule has 0 N–H and O–H groups in total. The van der Waals surface area contributed by atoms with Crippen molar-refractivity contribution in [3.63, 3.8) is 0 Å². The van der Waals surface area contributed by atoms with Gasteiger partial charge in [-0.15, -0.1) is 0 Å². The van der Waals surface area contributed by atoms with E-state index in [2.05, 4.69) is 0 Å². The lowest BCUT2D eigenvalue weighted by Crippen LogP contribution is -2.57. The molecule has 0 saturated heterocycles. The fraction of sp³-hybridized carbons (Fsp3) is 0.667. The highest BCUT2D eigenvalue weighted by Crippen LogP contribution is 2.53. The van der Waals surface area contributed by atoms with Crippen LogP contribution in [0.25, 0.3) is 0 Å². The van der Waals surface area contributed by atoms with Gasteiger partial charge in [-0.1, -0.05) is 6.58 Å². The minimum absolute atomic E-state index is 1.49. The van der Waals surface area contributed by atoms with Gasteiger partial charge in [0, 0.05) is 0 Å². The van der Waals surface area contributed by atoms with Gasteiger partial charge in [0.2, 0.25) is 0 Å². The molecule has 0 aromatic heterocycles. The van der Waals surface area contributed by atoms with Gasteiger partial charge in [-0.2, -0.15) is 39.5 Å². The summed E-state index contributed by atoms with van der Waals surface area (Å²) >= 11 is 0. The molecule has 0 amide bonds. The van der Waals surface area contributed by atoms with Crippen molar-refractivity contribution in [2.75, 3.05) is 0 Å². The van der Waals surface area contributed by atoms with Crippen molar-refractivity contribution >= 4 is 0 Å². The SMILES string of the molecule is C=C(C(F)(F)F)C(F)(C(F)(F)F)C(F)(F)F. The first kappa shape index (κ1) is 15.0. The molecule has 16 heavy (non-hydrogen) atoms. The fourth-order valence-corrected chi connectivity index (χ4v) is 0.698. The van der Waals surface area contributed by atoms with E-state index in [1.54, 1.807) is 0 Å². The third-order valence-corrected chi connectivity index (χ3v) is 1.54. The fourth-order valence-electron chi connectivity index (χ4n) is 0.698. The quantitative estimate of drug-likeness (QED) is 0.497. The first-order valence-corrected chi connectivity index (χ1v) is 3.24. The van der Waals surface area contributed by atoms with Crippen LogP contribution in [0, 0.1) is 0 Å². The molecule has 0 unspecified atom stereocenters. The summed E-state index contributed by atoms with van der Waals surface area (Å²) in [7, 11) is 0. The average Bonchev–Trinajstić information content (AvgIpc) is 1.95. The molecule has 0 saturated carbocycles. The van der Waals surface area contributed by atoms with Crippen LogP contribution in [0.3, 0.4) is 0 Å². The van der Waals surface area contributed by atoms with E-state index in [0.717, 1.165) is 0 Å². The molecule has 0 aliphatic carbocycles. The molecule has 96 valence electrons. The third-order valence-electron chi connectivity index (χ3n) is 1.54. The van der Waals surface area contributed by atoms with Crippen LogP contribution in [-0.4, -0.2) is 24.2 Å². The van der Waals surface area contributed by atoms with E-state index in [0.29, 0.717) is 0 Å². The van der Waals surface area contributed by atoms with Gasteiger partial charge in [0.25, 0.3) is 0 Å². The maximum Gasteiger partial charge on any atom is 0.435 e. The maximum absolute atomic E-state index is 12.6. The summed E-state index contributed by atoms with van der Waals surface area (Å²) in [6, 6.07) is 0. The van der Waals surface area contributed by atoms with Crippen LogP contribution in [0.2, 0.25) is 0 Å². The van der Waals surface area contributed by atoms with Crippen molar-refractivity contribution in [2.24, 2.45) is 0 Å². The van der Waals surface area contributed by atoms with E-state index in [1.165, 1.54) is 6.58 Å². The number of alkyl halides is 10. The molecule has 0 nitrogen and oxygen atoms in total. The van der Waals surface area contributed by atoms with Crippen molar-refractivity contribution in [1.29, 1.82) is 0 Å². The molecule has 0 fully saturated rings. The van der Waals surface area contributed by atoms with Crippen molar-refractivity contribution in [2.45, 2.75) is 24.2 Å². The van der Waals surface area contributed by atoms with Gasteiger partial charge in [-0.3, -0.25) is 0 Å². The normalized spacial score (nSPS) is 15.1. The summed E-state index contributed by atoms with van der Waals surface area (Å²) in [6.45, 7) is 1.49. The summed E-state index contributed by atoms with van der Waals surface area (Å²) in [6.07, 6.45) is -19.7. The Balaban J connectivity index is 5.74. The first-order valence-electron chi connectivity index (χ1n) is 3.24. The lowest BCUT2D eigenvalue weighted by Gasteiger charge is -2.32. The Labute approximate surface area is 81.5 Å². The number of halogens is 10. The second-order valence-electron chi connectivity index (χ2n) is 2.63. The Hall–Kier alpha value is -0.960. The predicted octanol–water partition coefficient (Wildman–Crippen LogP) is 3.94. The van der Waals surface area contributed by atoms with Crippen LogP contribution in [0.1, 0.15) is 0 Å². The van der Waals surface area contributed by atoms with Gasteiger partial charge in [0.1, 0.15) is 0 Å². The molecule has 0 bridgehead atoms. The minimum Gasteiger partial charge on any atom is -0.218 e. The van der Waals surface area contributed by atoms with Crippen LogP contribution in [0.4, 0.5) is 43.9 Å². The lowest BCUT2D eigenvalue weighted by molar-refractivity contribution is -0.337. The highest BCUT2D eigenvalue weighted by Gasteiger charge is 2.77. The molecule has 0 heterocycles. The predicted molar refractivity (Wildman–Crippen MR) is 31.1 cm³/mol. The molecular weight excluding hydrogens is 262 g/mol. The molecule has 0 aromatic carbocycles. The molecular formula is C6H2F10. The topological polar surface area (TPSA) is 0 Å². The van der Waals surface area contributed by atoms with Crippen LogP contribution in [-0.2, 0) is 0 Å². The third kappa shape index (κ3) is 2.24. The second-order valence-corrected chi connectivity index (χ2v) is 2.63. The Bertz CT molecular complexity index is 261. The van der Waals surface area contributed by atoms with E-state index in [4.69, 9.17) is 0 Å². The molecule has 0 rings (SSSR count). The zero-order valence-electron chi connectivity index (χ0n) is 6.99. The van der Waals surface area contributed by atoms with E-state index in [9.17, 15) is 43.9 Å². The van der Waals surface area contributed by atoms with E-state index >= 15 is 0 Å². The van der Waals surface area contributed by atoms with Gasteiger partial charge < -0.3 is 0 Å². The Morgan fingerprint density at radius 1 is 0.625 bits per heavy atom. The molecule has 0 aliphatic heterocycles. The molecule has 10 heteroatoms. The van der Waals surface area contributed by atoms with Gasteiger partial charge in [0.05, 0.1) is 5.57 Å². The maximum atomic E-state index is 12.6. The molecule has 0 radical (unpaired) electrons. The Morgan fingerprint density at radius 2 is 0.875 bits per heavy atom. The summed E-state index contributed by atoms with van der Waals surface area (Å²) in [5.41, 5.74) is -10.1. The van der Waals surface area contributed by atoms with E-state index in [1.807, 2.05) is 0 Å². The van der Waals surface area contributed by atoms with Crippen LogP contribution < -0.4 is 0 Å². The zero-order chi connectivity index (χ0) is 13.6. The van der Waals surface area contributed by atoms with Crippen LogP contribution in [0.15, 0.2) is 12.2 Å². The van der Waals surface area contributed by atoms with Crippen LogP contribution >= 0.6 is 0 Å². The summed E-state index contributed by atoms with van der Waals surface area (Å²) in [4.78, 5) is 0. The van der Waals surface area contributed by atoms with Crippen LogP contribution in [0.5, 0.6) is 0 Å². The van der Waals surface area contributed by atoms with Gasteiger partial charge in [0.15, 0.2) is 0 Å². The number of rotatable bonds is 1. The van der Waals surface area contributed by atoms with Gasteiger partial charge in [-0.05, 0) is 0 Å². The number of hydrogen-bond acceptors (Lipinski definition) is 0. The highest BCUT2D eigenvalue weighted by molar-refractivity contribution is 5.24. The number of hydrogen-bond donors (Lipinski definition) is 0. The zero-order valence-corrected chi connectivity index (χ0v) is 6.99. The smallest absolute Gasteiger partial charge is 0.218 e. The Kier molecular flexibility index (Phi) is 3.31. The first-order chi connectivity index (χ1) is 6.65. The van der Waals surface area contributed by atoms with Gasteiger partial charge in [-0.25, -0.2) is 4.39 Å². The van der Waals surface area contributed by atoms with E-state index < -0.39 is 29.8 Å². The average molecular weight is 264 g/mol. The van der Waals surface area contributed by atoms with Gasteiger partial charge >= 0.3 is 24.2 Å². The second kappa shape index (κ2) is 3.52. The molecule has 0 aromatic rings. The number of allylic oxidation sites excluding steroid dienone is 1. The summed E-state index contributed by atoms with van der Waals surface area (Å²) < 4.78 is 118. The van der Waals surface area contributed by atoms with Crippen molar-refractivity contribution in [3.8, 4) is 0 Å². The lowest BCUT2D eigenvalue weighted by atomic mass is 9.95. The summed E-state index contributed by atoms with van der Waals surface area (Å²) in [5.74, 6) is 0. The highest BCUT2D eigenvalue weighted by atomic mass is 19.4. The van der Waals surface area contributed by atoms with Crippen molar-refractivity contribution < 1.29 is 43.9 Å². The monoisotopic (exact) mass is 264 g/mol. The molecule has 0 aliphatic rings. The summed E-state index contributed by atoms with van der Waals surface area (Å²) in [5, 5.41) is 0. The molecule has 0 spiro atoms. The Morgan fingerprint density at radius 3 is 0.938 bits per heavy atom.